The van der Waals surface area contributed by atoms with Crippen molar-refractivity contribution in [3.63, 3.8) is 0 Å². The van der Waals surface area contributed by atoms with Crippen molar-refractivity contribution in [2.75, 3.05) is 56.2 Å². The van der Waals surface area contributed by atoms with Crippen LogP contribution in [-0.4, -0.2) is 77.1 Å². The summed E-state index contributed by atoms with van der Waals surface area (Å²) in [5.74, 6) is 1.81. The van der Waals surface area contributed by atoms with Gasteiger partial charge in [-0.3, -0.25) is 9.58 Å². The van der Waals surface area contributed by atoms with E-state index in [1.54, 1.807) is 0 Å². The van der Waals surface area contributed by atoms with Gasteiger partial charge in [0, 0.05) is 58.7 Å². The van der Waals surface area contributed by atoms with Crippen LogP contribution in [0.5, 0.6) is 0 Å². The van der Waals surface area contributed by atoms with Gasteiger partial charge >= 0.3 is 0 Å². The minimum atomic E-state index is 0.458. The van der Waals surface area contributed by atoms with Gasteiger partial charge in [0.25, 0.3) is 0 Å². The van der Waals surface area contributed by atoms with Crippen LogP contribution in [0.2, 0.25) is 0 Å². The third kappa shape index (κ3) is 4.22. The number of piperidine rings is 1. The topological polar surface area (TPSA) is 62.6 Å². The Balaban J connectivity index is 1.42. The predicted octanol–water partition coefficient (Wildman–Crippen LogP) is 1.15. The van der Waals surface area contributed by atoms with Gasteiger partial charge in [0.15, 0.2) is 0 Å². The molecule has 0 aromatic carbocycles. The van der Waals surface area contributed by atoms with E-state index in [-0.39, 0.29) is 0 Å². The van der Waals surface area contributed by atoms with Crippen LogP contribution in [-0.2, 0) is 18.3 Å². The van der Waals surface area contributed by atoms with Gasteiger partial charge in [-0.15, -0.1) is 0 Å². The second-order valence-electron chi connectivity index (χ2n) is 7.40. The average Bonchev–Trinajstić information content (AvgIpc) is 3.13. The van der Waals surface area contributed by atoms with E-state index >= 15 is 0 Å². The zero-order valence-corrected chi connectivity index (χ0v) is 16.3. The number of morpholine rings is 1. The number of likely N-dealkylation sites (N-methyl/N-ethyl adjacent to an activating group) is 1. The summed E-state index contributed by atoms with van der Waals surface area (Å²) in [7, 11) is 4.17. The minimum absolute atomic E-state index is 0.458. The number of anilines is 2. The lowest BCUT2D eigenvalue weighted by Gasteiger charge is -2.38. The molecule has 4 rings (SSSR count). The van der Waals surface area contributed by atoms with E-state index in [9.17, 15) is 0 Å². The van der Waals surface area contributed by atoms with Crippen molar-refractivity contribution >= 4 is 11.8 Å². The molecule has 8 heteroatoms. The van der Waals surface area contributed by atoms with Gasteiger partial charge in [0.1, 0.15) is 5.82 Å². The third-order valence-electron chi connectivity index (χ3n) is 5.62. The van der Waals surface area contributed by atoms with Crippen molar-refractivity contribution in [1.82, 2.24) is 24.6 Å². The van der Waals surface area contributed by atoms with Gasteiger partial charge in [0.2, 0.25) is 5.95 Å². The molecule has 2 aliphatic rings. The molecule has 2 saturated heterocycles. The molecule has 2 aliphatic heterocycles. The largest absolute Gasteiger partial charge is 0.378 e. The van der Waals surface area contributed by atoms with E-state index in [0.717, 1.165) is 57.7 Å². The Hall–Kier alpha value is -2.19. The van der Waals surface area contributed by atoms with E-state index in [4.69, 9.17) is 9.72 Å². The highest BCUT2D eigenvalue weighted by Crippen LogP contribution is 2.22. The van der Waals surface area contributed by atoms with Crippen molar-refractivity contribution in [3.05, 3.63) is 30.2 Å². The second kappa shape index (κ2) is 8.22. The summed E-state index contributed by atoms with van der Waals surface area (Å²) in [6.45, 7) is 6.33. The highest BCUT2D eigenvalue weighted by atomic mass is 16.5. The molecule has 2 aromatic rings. The fourth-order valence-electron chi connectivity index (χ4n) is 3.91. The Morgan fingerprint density at radius 2 is 2.04 bits per heavy atom. The first-order valence-electron chi connectivity index (χ1n) is 9.78. The summed E-state index contributed by atoms with van der Waals surface area (Å²) >= 11 is 0. The van der Waals surface area contributed by atoms with Crippen LogP contribution in [0.15, 0.2) is 24.5 Å². The summed E-state index contributed by atoms with van der Waals surface area (Å²) in [5, 5.41) is 4.29. The number of nitrogens with zero attached hydrogens (tertiary/aromatic N) is 7. The predicted molar refractivity (Wildman–Crippen MR) is 105 cm³/mol. The number of aromatic nitrogens is 4. The van der Waals surface area contributed by atoms with Crippen LogP contribution in [0.4, 0.5) is 11.8 Å². The lowest BCUT2D eigenvalue weighted by molar-refractivity contribution is 0.122. The molecule has 1 atom stereocenters. The molecule has 0 amide bonds. The Morgan fingerprint density at radius 1 is 1.19 bits per heavy atom. The SMILES string of the molecule is CN(c1ccnc(N2CCOCC2)n1)C1CCCN(Cc2ccnn2C)C1. The fourth-order valence-corrected chi connectivity index (χ4v) is 3.91. The quantitative estimate of drug-likeness (QED) is 0.781. The molecule has 0 radical (unpaired) electrons. The highest BCUT2D eigenvalue weighted by molar-refractivity contribution is 5.44. The molecule has 2 aromatic heterocycles. The van der Waals surface area contributed by atoms with E-state index < -0.39 is 0 Å². The molecule has 0 bridgehead atoms. The maximum atomic E-state index is 5.44. The fraction of sp³-hybridized carbons (Fsp3) is 0.632. The summed E-state index contributed by atoms with van der Waals surface area (Å²) in [4.78, 5) is 16.4. The van der Waals surface area contributed by atoms with Gasteiger partial charge in [-0.2, -0.15) is 10.1 Å². The lowest BCUT2D eigenvalue weighted by Crippen LogP contribution is -2.46. The Morgan fingerprint density at radius 3 is 2.81 bits per heavy atom. The molecule has 27 heavy (non-hydrogen) atoms. The van der Waals surface area contributed by atoms with Gasteiger partial charge in [0.05, 0.1) is 18.9 Å². The van der Waals surface area contributed by atoms with Gasteiger partial charge in [-0.25, -0.2) is 4.98 Å². The molecule has 1 unspecified atom stereocenters. The van der Waals surface area contributed by atoms with Crippen molar-refractivity contribution in [2.45, 2.75) is 25.4 Å². The summed E-state index contributed by atoms with van der Waals surface area (Å²) in [5.41, 5.74) is 1.26. The number of hydrogen-bond acceptors (Lipinski definition) is 7. The Bertz CT molecular complexity index is 743. The maximum Gasteiger partial charge on any atom is 0.227 e. The Labute approximate surface area is 160 Å². The zero-order chi connectivity index (χ0) is 18.6. The standard InChI is InChI=1S/C19H29N7O/c1-23(18-6-7-20-19(22-18)26-10-12-27-13-11-26)16-4-3-9-25(14-16)15-17-5-8-21-24(17)2/h5-8,16H,3-4,9-15H2,1-2H3. The van der Waals surface area contributed by atoms with E-state index in [0.29, 0.717) is 6.04 Å². The first-order chi connectivity index (χ1) is 13.2. The molecular formula is C19H29N7O. The van der Waals surface area contributed by atoms with Crippen molar-refractivity contribution in [3.8, 4) is 0 Å². The summed E-state index contributed by atoms with van der Waals surface area (Å²) in [6.07, 6.45) is 6.14. The van der Waals surface area contributed by atoms with Gasteiger partial charge in [-0.1, -0.05) is 0 Å². The number of hydrogen-bond donors (Lipinski definition) is 0. The molecule has 0 aliphatic carbocycles. The second-order valence-corrected chi connectivity index (χ2v) is 7.40. The van der Waals surface area contributed by atoms with Crippen LogP contribution >= 0.6 is 0 Å². The van der Waals surface area contributed by atoms with Crippen LogP contribution in [0.25, 0.3) is 0 Å². The Kier molecular flexibility index (Phi) is 5.54. The molecule has 146 valence electrons. The monoisotopic (exact) mass is 371 g/mol. The number of aryl methyl sites for hydroxylation is 1. The normalized spacial score (nSPS) is 21.4. The van der Waals surface area contributed by atoms with Gasteiger partial charge in [-0.05, 0) is 31.5 Å². The zero-order valence-electron chi connectivity index (χ0n) is 16.3. The van der Waals surface area contributed by atoms with Crippen LogP contribution in [0.3, 0.4) is 0 Å². The lowest BCUT2D eigenvalue weighted by atomic mass is 10.0. The first kappa shape index (κ1) is 18.2. The molecule has 8 nitrogen and oxygen atoms in total. The average molecular weight is 371 g/mol. The van der Waals surface area contributed by atoms with E-state index in [2.05, 4.69) is 37.9 Å². The molecule has 2 fully saturated rings. The van der Waals surface area contributed by atoms with Crippen molar-refractivity contribution in [2.24, 2.45) is 7.05 Å². The van der Waals surface area contributed by atoms with E-state index in [1.165, 1.54) is 18.5 Å². The molecule has 4 heterocycles. The number of ether oxygens (including phenoxy) is 1. The van der Waals surface area contributed by atoms with Crippen LogP contribution in [0, 0.1) is 0 Å². The third-order valence-corrected chi connectivity index (χ3v) is 5.62. The minimum Gasteiger partial charge on any atom is -0.378 e. The van der Waals surface area contributed by atoms with Crippen LogP contribution < -0.4 is 9.80 Å². The number of rotatable bonds is 5. The van der Waals surface area contributed by atoms with Crippen molar-refractivity contribution < 1.29 is 4.74 Å². The number of likely N-dealkylation sites (tertiary alicyclic amines) is 1. The van der Waals surface area contributed by atoms with Crippen molar-refractivity contribution in [1.29, 1.82) is 0 Å². The highest BCUT2D eigenvalue weighted by Gasteiger charge is 2.25. The summed E-state index contributed by atoms with van der Waals surface area (Å²) < 4.78 is 7.40. The van der Waals surface area contributed by atoms with Crippen LogP contribution in [0.1, 0.15) is 18.5 Å². The molecule has 0 saturated carbocycles. The summed E-state index contributed by atoms with van der Waals surface area (Å²) in [6, 6.07) is 4.58. The molecular weight excluding hydrogens is 342 g/mol. The smallest absolute Gasteiger partial charge is 0.227 e. The van der Waals surface area contributed by atoms with Gasteiger partial charge < -0.3 is 14.5 Å². The molecule has 0 N–H and O–H groups in total. The maximum absolute atomic E-state index is 5.44. The molecule has 0 spiro atoms. The van der Waals surface area contributed by atoms with E-state index in [1.807, 2.05) is 30.2 Å². The first-order valence-corrected chi connectivity index (χ1v) is 9.78.